The lowest BCUT2D eigenvalue weighted by atomic mass is 10.1. The minimum absolute atomic E-state index is 0.124. The Bertz CT molecular complexity index is 895. The zero-order valence-corrected chi connectivity index (χ0v) is 17.5. The second-order valence-corrected chi connectivity index (χ2v) is 6.57. The smallest absolute Gasteiger partial charge is 0.306 e. The first-order valence-electron chi connectivity index (χ1n) is 9.41. The molecule has 2 N–H and O–H groups in total. The van der Waals surface area contributed by atoms with Crippen LogP contribution in [-0.4, -0.2) is 38.1 Å². The lowest BCUT2D eigenvalue weighted by molar-refractivity contribution is -0.153. The first kappa shape index (κ1) is 22.7. The van der Waals surface area contributed by atoms with E-state index in [1.165, 1.54) is 13.8 Å². The maximum absolute atomic E-state index is 12.3. The number of hydrogen-bond donors (Lipinski definition) is 2. The minimum atomic E-state index is -0.946. The molecule has 0 saturated heterocycles. The summed E-state index contributed by atoms with van der Waals surface area (Å²) in [5.41, 5.74) is 2.04. The summed E-state index contributed by atoms with van der Waals surface area (Å²) in [6, 6.07) is 12.0. The molecule has 2 rings (SSSR count). The second kappa shape index (κ2) is 10.8. The highest BCUT2D eigenvalue weighted by Crippen LogP contribution is 2.28. The van der Waals surface area contributed by atoms with E-state index in [0.29, 0.717) is 29.3 Å². The summed E-state index contributed by atoms with van der Waals surface area (Å²) in [5.74, 6) is 0.0930. The molecular weight excluding hydrogens is 388 g/mol. The van der Waals surface area contributed by atoms with Gasteiger partial charge in [0.05, 0.1) is 14.2 Å². The van der Waals surface area contributed by atoms with Gasteiger partial charge in [-0.05, 0) is 55.3 Å². The van der Waals surface area contributed by atoms with Crippen LogP contribution in [0.1, 0.15) is 25.8 Å². The average molecular weight is 414 g/mol. The predicted octanol–water partition coefficient (Wildman–Crippen LogP) is 3.17. The fourth-order valence-electron chi connectivity index (χ4n) is 2.68. The molecule has 30 heavy (non-hydrogen) atoms. The Morgan fingerprint density at radius 3 is 2.07 bits per heavy atom. The Kier molecular flexibility index (Phi) is 8.22. The third-order valence-corrected chi connectivity index (χ3v) is 4.22. The van der Waals surface area contributed by atoms with Crippen LogP contribution in [-0.2, 0) is 25.5 Å². The second-order valence-electron chi connectivity index (χ2n) is 6.57. The number of carbonyl (C=O) groups excluding carboxylic acids is 3. The number of aryl methyl sites for hydroxylation is 1. The number of amides is 2. The molecule has 0 aliphatic rings. The Morgan fingerprint density at radius 2 is 1.50 bits per heavy atom. The van der Waals surface area contributed by atoms with E-state index in [1.807, 2.05) is 6.07 Å². The molecule has 8 heteroatoms. The summed E-state index contributed by atoms with van der Waals surface area (Å²) >= 11 is 0. The highest BCUT2D eigenvalue weighted by molar-refractivity contribution is 5.95. The van der Waals surface area contributed by atoms with Crippen LogP contribution in [0.4, 0.5) is 11.4 Å². The number of rotatable bonds is 9. The summed E-state index contributed by atoms with van der Waals surface area (Å²) in [6.45, 7) is 2.92. The number of esters is 1. The molecule has 2 aromatic rings. The molecule has 160 valence electrons. The molecule has 0 bridgehead atoms. The lowest BCUT2D eigenvalue weighted by Crippen LogP contribution is -2.30. The van der Waals surface area contributed by atoms with Crippen molar-refractivity contribution in [3.63, 3.8) is 0 Å². The van der Waals surface area contributed by atoms with Gasteiger partial charge in [0.2, 0.25) is 5.91 Å². The lowest BCUT2D eigenvalue weighted by Gasteiger charge is -2.14. The summed E-state index contributed by atoms with van der Waals surface area (Å²) in [5, 5.41) is 5.31. The van der Waals surface area contributed by atoms with E-state index in [2.05, 4.69) is 10.6 Å². The number of anilines is 2. The predicted molar refractivity (Wildman–Crippen MR) is 113 cm³/mol. The van der Waals surface area contributed by atoms with E-state index in [4.69, 9.17) is 14.2 Å². The van der Waals surface area contributed by atoms with Crippen molar-refractivity contribution < 1.29 is 28.6 Å². The van der Waals surface area contributed by atoms with E-state index < -0.39 is 18.0 Å². The van der Waals surface area contributed by atoms with Crippen molar-refractivity contribution in [2.75, 3.05) is 24.9 Å². The first-order valence-corrected chi connectivity index (χ1v) is 9.41. The Labute approximate surface area is 175 Å². The molecule has 0 spiro atoms. The van der Waals surface area contributed by atoms with Crippen LogP contribution < -0.4 is 20.1 Å². The quantitative estimate of drug-likeness (QED) is 0.611. The molecule has 0 aromatic heterocycles. The van der Waals surface area contributed by atoms with Gasteiger partial charge in [0.25, 0.3) is 5.91 Å². The van der Waals surface area contributed by atoms with Crippen molar-refractivity contribution in [2.45, 2.75) is 32.8 Å². The number of hydrogen-bond acceptors (Lipinski definition) is 6. The van der Waals surface area contributed by atoms with Crippen molar-refractivity contribution in [1.82, 2.24) is 0 Å². The number of benzene rings is 2. The largest absolute Gasteiger partial charge is 0.493 e. The van der Waals surface area contributed by atoms with E-state index in [0.717, 1.165) is 5.56 Å². The fourth-order valence-corrected chi connectivity index (χ4v) is 2.68. The third-order valence-electron chi connectivity index (χ3n) is 4.22. The molecule has 0 radical (unpaired) electrons. The van der Waals surface area contributed by atoms with Gasteiger partial charge >= 0.3 is 5.97 Å². The molecule has 0 fully saturated rings. The van der Waals surface area contributed by atoms with E-state index in [-0.39, 0.29) is 12.3 Å². The molecule has 0 aliphatic heterocycles. The normalized spacial score (nSPS) is 11.2. The Morgan fingerprint density at radius 1 is 0.900 bits per heavy atom. The number of methoxy groups -OCH3 is 2. The molecule has 0 heterocycles. The van der Waals surface area contributed by atoms with Gasteiger partial charge in [0, 0.05) is 24.7 Å². The summed E-state index contributed by atoms with van der Waals surface area (Å²) in [4.78, 5) is 35.4. The zero-order valence-electron chi connectivity index (χ0n) is 17.5. The van der Waals surface area contributed by atoms with Crippen molar-refractivity contribution in [3.8, 4) is 11.5 Å². The standard InChI is InChI=1S/C22H26N2O6/c1-14(22(27)24-18-9-7-17(8-10-18)23-15(2)25)30-21(26)12-6-16-5-11-19(28-3)20(13-16)29-4/h5,7-11,13-14H,6,12H2,1-4H3,(H,23,25)(H,24,27)/t14-/m0/s1. The Balaban J connectivity index is 1.83. The molecule has 2 amide bonds. The van der Waals surface area contributed by atoms with Gasteiger partial charge in [0.15, 0.2) is 17.6 Å². The first-order chi connectivity index (χ1) is 14.3. The zero-order chi connectivity index (χ0) is 22.1. The minimum Gasteiger partial charge on any atom is -0.493 e. The van der Waals surface area contributed by atoms with Gasteiger partial charge in [-0.25, -0.2) is 0 Å². The molecule has 8 nitrogen and oxygen atoms in total. The van der Waals surface area contributed by atoms with Crippen LogP contribution in [0, 0.1) is 0 Å². The van der Waals surface area contributed by atoms with E-state index >= 15 is 0 Å². The average Bonchev–Trinajstić information content (AvgIpc) is 2.72. The van der Waals surface area contributed by atoms with Crippen LogP contribution in [0.25, 0.3) is 0 Å². The van der Waals surface area contributed by atoms with Crippen molar-refractivity contribution in [1.29, 1.82) is 0 Å². The van der Waals surface area contributed by atoms with Crippen LogP contribution in [0.2, 0.25) is 0 Å². The summed E-state index contributed by atoms with van der Waals surface area (Å²) in [6.07, 6.45) is -0.380. The van der Waals surface area contributed by atoms with Crippen LogP contribution >= 0.6 is 0 Å². The Hall–Kier alpha value is -3.55. The van der Waals surface area contributed by atoms with E-state index in [1.54, 1.807) is 50.6 Å². The number of carbonyl (C=O) groups is 3. The molecule has 0 aliphatic carbocycles. The maximum Gasteiger partial charge on any atom is 0.306 e. The monoisotopic (exact) mass is 414 g/mol. The van der Waals surface area contributed by atoms with Gasteiger partial charge in [-0.15, -0.1) is 0 Å². The maximum atomic E-state index is 12.3. The summed E-state index contributed by atoms with van der Waals surface area (Å²) in [7, 11) is 3.10. The topological polar surface area (TPSA) is 103 Å². The van der Waals surface area contributed by atoms with Crippen LogP contribution in [0.15, 0.2) is 42.5 Å². The highest BCUT2D eigenvalue weighted by Gasteiger charge is 2.18. The van der Waals surface area contributed by atoms with Crippen molar-refractivity contribution in [3.05, 3.63) is 48.0 Å². The van der Waals surface area contributed by atoms with Gasteiger partial charge in [-0.1, -0.05) is 6.07 Å². The molecule has 0 saturated carbocycles. The van der Waals surface area contributed by atoms with Gasteiger partial charge in [-0.3, -0.25) is 14.4 Å². The molecule has 2 aromatic carbocycles. The molecule has 1 atom stereocenters. The molecule has 0 unspecified atom stereocenters. The van der Waals surface area contributed by atoms with Gasteiger partial charge in [0.1, 0.15) is 0 Å². The van der Waals surface area contributed by atoms with Gasteiger partial charge < -0.3 is 24.8 Å². The number of ether oxygens (including phenoxy) is 3. The SMILES string of the molecule is COc1ccc(CCC(=O)O[C@@H](C)C(=O)Nc2ccc(NC(C)=O)cc2)cc1OC. The number of nitrogens with one attached hydrogen (secondary N) is 2. The van der Waals surface area contributed by atoms with Crippen molar-refractivity contribution in [2.24, 2.45) is 0 Å². The third kappa shape index (κ3) is 6.80. The van der Waals surface area contributed by atoms with E-state index in [9.17, 15) is 14.4 Å². The highest BCUT2D eigenvalue weighted by atomic mass is 16.5. The fraction of sp³-hybridized carbons (Fsp3) is 0.318. The van der Waals surface area contributed by atoms with Crippen LogP contribution in [0.5, 0.6) is 11.5 Å². The van der Waals surface area contributed by atoms with Crippen LogP contribution in [0.3, 0.4) is 0 Å². The molecular formula is C22H26N2O6. The van der Waals surface area contributed by atoms with Crippen molar-refractivity contribution >= 4 is 29.2 Å². The summed E-state index contributed by atoms with van der Waals surface area (Å²) < 4.78 is 15.7. The van der Waals surface area contributed by atoms with Gasteiger partial charge in [-0.2, -0.15) is 0 Å².